The van der Waals surface area contributed by atoms with Gasteiger partial charge in [-0.3, -0.25) is 14.5 Å². The molecule has 0 bridgehead atoms. The molecule has 2 rings (SSSR count). The van der Waals surface area contributed by atoms with Gasteiger partial charge in [0.15, 0.2) is 0 Å². The molecule has 6 nitrogen and oxygen atoms in total. The van der Waals surface area contributed by atoms with Gasteiger partial charge < -0.3 is 15.4 Å². The number of rotatable bonds is 7. The Labute approximate surface area is 189 Å². The fourth-order valence-electron chi connectivity index (χ4n) is 3.62. The maximum Gasteiger partial charge on any atom is 0.253 e. The number of amides is 2. The van der Waals surface area contributed by atoms with Crippen LogP contribution >= 0.6 is 23.2 Å². The molecule has 3 atom stereocenters. The quantitative estimate of drug-likeness (QED) is 0.653. The zero-order valence-electron chi connectivity index (χ0n) is 18.6. The van der Waals surface area contributed by atoms with E-state index in [1.807, 2.05) is 13.8 Å². The number of hydrogen-bond donors (Lipinski definition) is 2. The predicted octanol–water partition coefficient (Wildman–Crippen LogP) is 3.75. The number of benzene rings is 1. The summed E-state index contributed by atoms with van der Waals surface area (Å²) in [6, 6.07) is 3.98. The second-order valence-corrected chi connectivity index (χ2v) is 9.86. The lowest BCUT2D eigenvalue weighted by Gasteiger charge is -2.45. The summed E-state index contributed by atoms with van der Waals surface area (Å²) in [4.78, 5) is 27.9. The van der Waals surface area contributed by atoms with Gasteiger partial charge in [0.1, 0.15) is 6.04 Å². The molecule has 0 aromatic heterocycles. The summed E-state index contributed by atoms with van der Waals surface area (Å²) in [5.41, 5.74) is 0.0450. The highest BCUT2D eigenvalue weighted by atomic mass is 35.5. The van der Waals surface area contributed by atoms with Crippen molar-refractivity contribution in [1.29, 1.82) is 0 Å². The van der Waals surface area contributed by atoms with Gasteiger partial charge in [-0.05, 0) is 51.8 Å². The number of nitrogens with zero attached hydrogens (tertiary/aromatic N) is 1. The topological polar surface area (TPSA) is 70.7 Å². The highest BCUT2D eigenvalue weighted by molar-refractivity contribution is 6.36. The van der Waals surface area contributed by atoms with Crippen molar-refractivity contribution >= 4 is 35.0 Å². The van der Waals surface area contributed by atoms with E-state index in [4.69, 9.17) is 27.9 Å². The third-order valence-corrected chi connectivity index (χ3v) is 5.93. The first-order chi connectivity index (χ1) is 13.9. The first kappa shape index (κ1) is 24.9. The van der Waals surface area contributed by atoms with E-state index in [-0.39, 0.29) is 40.2 Å². The highest BCUT2D eigenvalue weighted by Gasteiger charge is 2.34. The predicted molar refractivity (Wildman–Crippen MR) is 121 cm³/mol. The van der Waals surface area contributed by atoms with E-state index in [1.54, 1.807) is 12.1 Å². The summed E-state index contributed by atoms with van der Waals surface area (Å²) < 4.78 is 5.81. The molecule has 1 aromatic rings. The standard InChI is InChI=1S/C22H33Cl2N3O3/c1-13(2)19(26-20(28)17-8-7-16(23)9-18(17)24)21(29)25-12-22(5,6)27-10-14(3)30-15(4)11-27/h7-9,13-15,19H,10-12H2,1-6H3,(H,25,29)(H,26,28). The molecular formula is C22H33Cl2N3O3. The Hall–Kier alpha value is -1.34. The van der Waals surface area contributed by atoms with Crippen LogP contribution in [0.3, 0.4) is 0 Å². The van der Waals surface area contributed by atoms with Gasteiger partial charge in [0.25, 0.3) is 5.91 Å². The average molecular weight is 458 g/mol. The number of nitrogens with one attached hydrogen (secondary N) is 2. The van der Waals surface area contributed by atoms with Crippen LogP contribution in [0.25, 0.3) is 0 Å². The molecule has 1 aliphatic heterocycles. The molecule has 3 unspecified atom stereocenters. The molecular weight excluding hydrogens is 425 g/mol. The van der Waals surface area contributed by atoms with Gasteiger partial charge in [-0.2, -0.15) is 0 Å². The minimum atomic E-state index is -0.678. The molecule has 0 radical (unpaired) electrons. The van der Waals surface area contributed by atoms with Gasteiger partial charge in [-0.1, -0.05) is 37.0 Å². The molecule has 8 heteroatoms. The number of ether oxygens (including phenoxy) is 1. The molecule has 1 aromatic carbocycles. The van der Waals surface area contributed by atoms with Gasteiger partial charge in [-0.25, -0.2) is 0 Å². The summed E-state index contributed by atoms with van der Waals surface area (Å²) in [5, 5.41) is 6.53. The Balaban J connectivity index is 2.02. The molecule has 30 heavy (non-hydrogen) atoms. The minimum absolute atomic E-state index is 0.0911. The Morgan fingerprint density at radius 2 is 1.80 bits per heavy atom. The van der Waals surface area contributed by atoms with E-state index in [2.05, 4.69) is 43.2 Å². The Bertz CT molecular complexity index is 760. The van der Waals surface area contributed by atoms with Gasteiger partial charge in [0.2, 0.25) is 5.91 Å². The molecule has 1 heterocycles. The third kappa shape index (κ3) is 6.58. The normalized spacial score (nSPS) is 21.4. The second-order valence-electron chi connectivity index (χ2n) is 9.01. The molecule has 168 valence electrons. The summed E-state index contributed by atoms with van der Waals surface area (Å²) in [6.45, 7) is 14.2. The van der Waals surface area contributed by atoms with Crippen LogP contribution < -0.4 is 10.6 Å². The summed E-state index contributed by atoms with van der Waals surface area (Å²) >= 11 is 12.0. The largest absolute Gasteiger partial charge is 0.373 e. The molecule has 2 N–H and O–H groups in total. The van der Waals surface area contributed by atoms with E-state index in [9.17, 15) is 9.59 Å². The third-order valence-electron chi connectivity index (χ3n) is 5.38. The zero-order chi connectivity index (χ0) is 22.6. The van der Waals surface area contributed by atoms with Gasteiger partial charge >= 0.3 is 0 Å². The van der Waals surface area contributed by atoms with Gasteiger partial charge in [0, 0.05) is 30.2 Å². The van der Waals surface area contributed by atoms with Crippen molar-refractivity contribution in [2.45, 2.75) is 65.3 Å². The Morgan fingerprint density at radius 3 is 2.33 bits per heavy atom. The molecule has 1 fully saturated rings. The minimum Gasteiger partial charge on any atom is -0.373 e. The SMILES string of the molecule is CC1CN(C(C)(C)CNC(=O)C(NC(=O)c2ccc(Cl)cc2Cl)C(C)C)CC(C)O1. The lowest BCUT2D eigenvalue weighted by Crippen LogP contribution is -2.60. The van der Waals surface area contributed by atoms with Crippen molar-refractivity contribution in [3.05, 3.63) is 33.8 Å². The second kappa shape index (κ2) is 10.3. The van der Waals surface area contributed by atoms with Crippen molar-refractivity contribution in [3.63, 3.8) is 0 Å². The van der Waals surface area contributed by atoms with Crippen molar-refractivity contribution in [1.82, 2.24) is 15.5 Å². The number of hydrogen-bond acceptors (Lipinski definition) is 4. The van der Waals surface area contributed by atoms with Crippen molar-refractivity contribution in [3.8, 4) is 0 Å². The fourth-order valence-corrected chi connectivity index (χ4v) is 4.12. The van der Waals surface area contributed by atoms with E-state index in [0.717, 1.165) is 13.1 Å². The van der Waals surface area contributed by atoms with Crippen LogP contribution in [-0.2, 0) is 9.53 Å². The van der Waals surface area contributed by atoms with Crippen LogP contribution in [0.2, 0.25) is 10.0 Å². The Morgan fingerprint density at radius 1 is 1.20 bits per heavy atom. The Kier molecular flexibility index (Phi) is 8.57. The van der Waals surface area contributed by atoms with Crippen molar-refractivity contribution in [2.24, 2.45) is 5.92 Å². The number of carbonyl (C=O) groups is 2. The fraction of sp³-hybridized carbons (Fsp3) is 0.636. The summed E-state index contributed by atoms with van der Waals surface area (Å²) in [6.07, 6.45) is 0.297. The summed E-state index contributed by atoms with van der Waals surface area (Å²) in [5.74, 6) is -0.710. The smallest absolute Gasteiger partial charge is 0.253 e. The maximum absolute atomic E-state index is 12.9. The van der Waals surface area contributed by atoms with Crippen LogP contribution in [0.1, 0.15) is 51.9 Å². The van der Waals surface area contributed by atoms with Crippen LogP contribution in [0, 0.1) is 5.92 Å². The van der Waals surface area contributed by atoms with E-state index in [1.165, 1.54) is 6.07 Å². The van der Waals surface area contributed by atoms with Crippen LogP contribution in [0.5, 0.6) is 0 Å². The van der Waals surface area contributed by atoms with Crippen molar-refractivity contribution in [2.75, 3.05) is 19.6 Å². The number of halogens is 2. The maximum atomic E-state index is 12.9. The number of carbonyl (C=O) groups excluding carboxylic acids is 2. The lowest BCUT2D eigenvalue weighted by molar-refractivity contribution is -0.125. The molecule has 0 saturated carbocycles. The average Bonchev–Trinajstić information content (AvgIpc) is 2.63. The molecule has 2 amide bonds. The van der Waals surface area contributed by atoms with Crippen LogP contribution in [-0.4, -0.2) is 60.1 Å². The first-order valence-corrected chi connectivity index (χ1v) is 11.1. The molecule has 1 saturated heterocycles. The van der Waals surface area contributed by atoms with E-state index in [0.29, 0.717) is 11.6 Å². The van der Waals surface area contributed by atoms with Crippen LogP contribution in [0.4, 0.5) is 0 Å². The van der Waals surface area contributed by atoms with Gasteiger partial charge in [-0.15, -0.1) is 0 Å². The zero-order valence-corrected chi connectivity index (χ0v) is 20.1. The summed E-state index contributed by atoms with van der Waals surface area (Å²) in [7, 11) is 0. The van der Waals surface area contributed by atoms with E-state index < -0.39 is 11.9 Å². The van der Waals surface area contributed by atoms with E-state index >= 15 is 0 Å². The van der Waals surface area contributed by atoms with Gasteiger partial charge in [0.05, 0.1) is 22.8 Å². The van der Waals surface area contributed by atoms with Crippen molar-refractivity contribution < 1.29 is 14.3 Å². The highest BCUT2D eigenvalue weighted by Crippen LogP contribution is 2.22. The molecule has 0 aliphatic carbocycles. The lowest BCUT2D eigenvalue weighted by atomic mass is 9.98. The number of morpholine rings is 1. The molecule has 0 spiro atoms. The molecule has 1 aliphatic rings. The monoisotopic (exact) mass is 457 g/mol. The van der Waals surface area contributed by atoms with Crippen LogP contribution in [0.15, 0.2) is 18.2 Å². The first-order valence-electron chi connectivity index (χ1n) is 10.3.